The van der Waals surface area contributed by atoms with Gasteiger partial charge < -0.3 is 29.4 Å². The molecule has 0 aromatic heterocycles. The normalized spacial score (nSPS) is 48.9. The molecule has 2 spiro atoms. The van der Waals surface area contributed by atoms with E-state index in [9.17, 15) is 14.7 Å². The number of aliphatic hydroxyl groups is 1. The molecule has 9 heteroatoms. The third-order valence-corrected chi connectivity index (χ3v) is 16.0. The molecule has 3 saturated heterocycles. The van der Waals surface area contributed by atoms with Crippen molar-refractivity contribution in [2.45, 2.75) is 161 Å². The number of morpholine rings is 1. The summed E-state index contributed by atoms with van der Waals surface area (Å²) in [7, 11) is 0. The standard InChI is InChI=1S/C39H62N2O7/c1-23(42)46-33(36(4,5)44)28-11-9-25-29(47-28)20-26-24-10-12-30-35(2,3)31(13-14-39(30)22-38(24,39)16-15-37(25,26)6)48-32-21-41(18-19-45-32)27-8-7-17-40-34(27)43/h24-33,44H,7-22H2,1-6H3,(H,40,43)/t24?,25?,26?,27-,28?,29?,30?,31-,32?,33-,37?,38-,39+/m0/s1. The second-order valence-electron chi connectivity index (χ2n) is 18.9. The highest BCUT2D eigenvalue weighted by atomic mass is 16.7. The number of rotatable bonds is 6. The summed E-state index contributed by atoms with van der Waals surface area (Å²) in [5, 5.41) is 14.0. The summed E-state index contributed by atoms with van der Waals surface area (Å²) < 4.78 is 25.7. The number of amides is 1. The number of carbonyl (C=O) groups is 2. The van der Waals surface area contributed by atoms with Crippen molar-refractivity contribution in [3.8, 4) is 0 Å². The fourth-order valence-electron chi connectivity index (χ4n) is 13.9. The van der Waals surface area contributed by atoms with E-state index in [1.807, 2.05) is 0 Å². The van der Waals surface area contributed by atoms with Crippen LogP contribution in [0.15, 0.2) is 0 Å². The van der Waals surface area contributed by atoms with Gasteiger partial charge in [-0.1, -0.05) is 20.8 Å². The quantitative estimate of drug-likeness (QED) is 0.371. The summed E-state index contributed by atoms with van der Waals surface area (Å²) in [6.45, 7) is 15.3. The molecule has 0 bridgehead atoms. The lowest BCUT2D eigenvalue weighted by Crippen LogP contribution is -2.58. The Morgan fingerprint density at radius 2 is 1.81 bits per heavy atom. The first-order valence-electron chi connectivity index (χ1n) is 19.5. The Bertz CT molecular complexity index is 1280. The zero-order valence-corrected chi connectivity index (χ0v) is 30.4. The Morgan fingerprint density at radius 3 is 2.56 bits per heavy atom. The Morgan fingerprint density at radius 1 is 1.02 bits per heavy atom. The van der Waals surface area contributed by atoms with Crippen LogP contribution in [-0.2, 0) is 28.5 Å². The fraction of sp³-hybridized carbons (Fsp3) is 0.949. The van der Waals surface area contributed by atoms with E-state index in [0.717, 1.165) is 57.5 Å². The van der Waals surface area contributed by atoms with Crippen LogP contribution < -0.4 is 5.32 Å². The van der Waals surface area contributed by atoms with Crippen LogP contribution in [0.4, 0.5) is 0 Å². The monoisotopic (exact) mass is 670 g/mol. The minimum Gasteiger partial charge on any atom is -0.457 e. The van der Waals surface area contributed by atoms with E-state index in [0.29, 0.717) is 47.2 Å². The number of nitrogens with zero attached hydrogens (tertiary/aromatic N) is 1. The SMILES string of the molecule is CC(=O)O[C@@H](C1CCC2C(CC3C4CCC5C(C)(C)[C@@H](OC6CN([C@H]7CCCNC7=O)CCO6)CC[C@@]56C[C@@]46CCC23C)O1)C(C)(C)O. The summed E-state index contributed by atoms with van der Waals surface area (Å²) in [5.41, 5.74) is 0.103. The van der Waals surface area contributed by atoms with E-state index in [1.165, 1.54) is 45.4 Å². The largest absolute Gasteiger partial charge is 0.457 e. The Balaban J connectivity index is 0.953. The lowest BCUT2D eigenvalue weighted by molar-refractivity contribution is -0.247. The van der Waals surface area contributed by atoms with Crippen LogP contribution in [0, 0.1) is 45.3 Å². The number of hydrogen-bond donors (Lipinski definition) is 2. The smallest absolute Gasteiger partial charge is 0.303 e. The van der Waals surface area contributed by atoms with Gasteiger partial charge in [0.25, 0.3) is 0 Å². The maximum atomic E-state index is 12.6. The molecule has 2 N–H and O–H groups in total. The number of esters is 1. The number of carbonyl (C=O) groups excluding carboxylic acids is 2. The zero-order valence-electron chi connectivity index (χ0n) is 30.4. The maximum Gasteiger partial charge on any atom is 0.303 e. The van der Waals surface area contributed by atoms with Crippen molar-refractivity contribution in [3.05, 3.63) is 0 Å². The highest BCUT2D eigenvalue weighted by Crippen LogP contribution is 2.87. The summed E-state index contributed by atoms with van der Waals surface area (Å²) in [6, 6.07) is -0.0532. The van der Waals surface area contributed by atoms with E-state index in [4.69, 9.17) is 18.9 Å². The second kappa shape index (κ2) is 11.6. The van der Waals surface area contributed by atoms with Gasteiger partial charge in [-0.25, -0.2) is 0 Å². The van der Waals surface area contributed by atoms with Crippen molar-refractivity contribution in [1.82, 2.24) is 10.2 Å². The molecule has 8 aliphatic rings. The molecule has 8 rings (SSSR count). The van der Waals surface area contributed by atoms with Crippen LogP contribution in [0.3, 0.4) is 0 Å². The van der Waals surface area contributed by atoms with E-state index in [-0.39, 0.29) is 47.9 Å². The highest BCUT2D eigenvalue weighted by molar-refractivity contribution is 5.82. The van der Waals surface area contributed by atoms with E-state index >= 15 is 0 Å². The van der Waals surface area contributed by atoms with Gasteiger partial charge in [0, 0.05) is 20.0 Å². The molecular weight excluding hydrogens is 608 g/mol. The first kappa shape index (κ1) is 33.9. The molecular formula is C39H62N2O7. The van der Waals surface area contributed by atoms with Gasteiger partial charge in [-0.2, -0.15) is 0 Å². The molecule has 13 atom stereocenters. The van der Waals surface area contributed by atoms with E-state index < -0.39 is 11.7 Å². The van der Waals surface area contributed by atoms with Gasteiger partial charge in [0.05, 0.1) is 43.1 Å². The molecule has 8 fully saturated rings. The maximum absolute atomic E-state index is 12.6. The van der Waals surface area contributed by atoms with Crippen LogP contribution in [0.1, 0.15) is 119 Å². The van der Waals surface area contributed by atoms with E-state index in [1.54, 1.807) is 13.8 Å². The molecule has 5 aliphatic carbocycles. The second-order valence-corrected chi connectivity index (χ2v) is 18.9. The molecule has 270 valence electrons. The van der Waals surface area contributed by atoms with Gasteiger partial charge in [0.15, 0.2) is 12.4 Å². The van der Waals surface area contributed by atoms with Crippen molar-refractivity contribution < 1.29 is 33.6 Å². The molecule has 0 aromatic rings. The van der Waals surface area contributed by atoms with Crippen LogP contribution in [0.25, 0.3) is 0 Å². The van der Waals surface area contributed by atoms with Gasteiger partial charge in [0.1, 0.15) is 0 Å². The van der Waals surface area contributed by atoms with Gasteiger partial charge in [-0.3, -0.25) is 14.5 Å². The fourth-order valence-corrected chi connectivity index (χ4v) is 13.9. The average Bonchev–Trinajstić information content (AvgIpc) is 3.61. The van der Waals surface area contributed by atoms with Gasteiger partial charge >= 0.3 is 5.97 Å². The first-order chi connectivity index (χ1) is 22.7. The molecule has 0 aromatic carbocycles. The average molecular weight is 671 g/mol. The van der Waals surface area contributed by atoms with Crippen LogP contribution in [0.5, 0.6) is 0 Å². The molecule has 0 radical (unpaired) electrons. The lowest BCUT2D eigenvalue weighted by Gasteiger charge is -2.60. The van der Waals surface area contributed by atoms with Crippen molar-refractivity contribution in [3.63, 3.8) is 0 Å². The number of piperidine rings is 1. The third-order valence-electron chi connectivity index (χ3n) is 16.0. The van der Waals surface area contributed by atoms with Crippen LogP contribution in [-0.4, -0.2) is 90.5 Å². The highest BCUT2D eigenvalue weighted by Gasteiger charge is 2.80. The summed E-state index contributed by atoms with van der Waals surface area (Å²) in [6.07, 6.45) is 13.1. The van der Waals surface area contributed by atoms with Crippen molar-refractivity contribution >= 4 is 11.9 Å². The van der Waals surface area contributed by atoms with Gasteiger partial charge in [-0.15, -0.1) is 0 Å². The van der Waals surface area contributed by atoms with Crippen molar-refractivity contribution in [1.29, 1.82) is 0 Å². The topological polar surface area (TPSA) is 107 Å². The lowest BCUT2D eigenvalue weighted by atomic mass is 9.46. The van der Waals surface area contributed by atoms with Gasteiger partial charge in [-0.05, 0) is 136 Å². The predicted octanol–water partition coefficient (Wildman–Crippen LogP) is 5.22. The molecule has 1 amide bonds. The van der Waals surface area contributed by atoms with Crippen molar-refractivity contribution in [2.75, 3.05) is 26.2 Å². The van der Waals surface area contributed by atoms with Crippen LogP contribution >= 0.6 is 0 Å². The number of fused-ring (bicyclic) bond motifs is 4. The Kier molecular flexibility index (Phi) is 8.20. The Labute approximate surface area is 287 Å². The minimum absolute atomic E-state index is 0.0532. The predicted molar refractivity (Wildman–Crippen MR) is 180 cm³/mol. The minimum atomic E-state index is -1.15. The Hall–Kier alpha value is -1.26. The molecule has 5 saturated carbocycles. The molecule has 9 nitrogen and oxygen atoms in total. The molecule has 3 heterocycles. The molecule has 3 aliphatic heterocycles. The number of ether oxygens (including phenoxy) is 4. The number of nitrogens with one attached hydrogen (secondary N) is 1. The third kappa shape index (κ3) is 5.09. The first-order valence-corrected chi connectivity index (χ1v) is 19.5. The summed E-state index contributed by atoms with van der Waals surface area (Å²) in [4.78, 5) is 26.9. The number of hydrogen-bond acceptors (Lipinski definition) is 8. The van der Waals surface area contributed by atoms with Gasteiger partial charge in [0.2, 0.25) is 5.91 Å². The molecule has 8 unspecified atom stereocenters. The zero-order chi connectivity index (χ0) is 33.9. The summed E-state index contributed by atoms with van der Waals surface area (Å²) >= 11 is 0. The van der Waals surface area contributed by atoms with Crippen LogP contribution in [0.2, 0.25) is 0 Å². The van der Waals surface area contributed by atoms with Crippen molar-refractivity contribution in [2.24, 2.45) is 45.3 Å². The van der Waals surface area contributed by atoms with E-state index in [2.05, 4.69) is 31.0 Å². The summed E-state index contributed by atoms with van der Waals surface area (Å²) in [5.74, 6) is 2.43. The molecule has 48 heavy (non-hydrogen) atoms.